The summed E-state index contributed by atoms with van der Waals surface area (Å²) in [6.45, 7) is 6.37. The molecule has 4 aromatic rings. The van der Waals surface area contributed by atoms with E-state index in [1.165, 1.54) is 0 Å². The van der Waals surface area contributed by atoms with Gasteiger partial charge in [-0.05, 0) is 16.5 Å². The number of carbonyl (C=O) groups is 1. The van der Waals surface area contributed by atoms with E-state index in [1.807, 2.05) is 36.4 Å². The Labute approximate surface area is 171 Å². The maximum Gasteiger partial charge on any atom is 0.327 e. The zero-order valence-corrected chi connectivity index (χ0v) is 16.8. The fraction of sp³-hybridized carbons (Fsp3) is 0.167. The molecular weight excluding hydrogens is 378 g/mol. The van der Waals surface area contributed by atoms with Gasteiger partial charge in [0.1, 0.15) is 5.65 Å². The molecule has 1 aliphatic carbocycles. The Balaban J connectivity index is 1.91. The molecule has 6 nitrogen and oxygen atoms in total. The van der Waals surface area contributed by atoms with E-state index in [0.29, 0.717) is 27.9 Å². The minimum absolute atomic E-state index is 0.0322. The number of aromatic nitrogens is 3. The quantitative estimate of drug-likeness (QED) is 0.450. The lowest BCUT2D eigenvalue weighted by atomic mass is 9.85. The average Bonchev–Trinajstić information content (AvgIpc) is 2.98. The molecule has 0 fully saturated rings. The van der Waals surface area contributed by atoms with Crippen LogP contribution in [-0.2, 0) is 5.41 Å². The summed E-state index contributed by atoms with van der Waals surface area (Å²) in [6.07, 6.45) is 0. The van der Waals surface area contributed by atoms with E-state index in [2.05, 4.69) is 35.7 Å². The Morgan fingerprint density at radius 2 is 1.47 bits per heavy atom. The third-order valence-electron chi connectivity index (χ3n) is 5.58. The number of rotatable bonds is 1. The van der Waals surface area contributed by atoms with Gasteiger partial charge in [-0.15, -0.1) is 0 Å². The first-order chi connectivity index (χ1) is 14.3. The maximum absolute atomic E-state index is 13.3. The molecule has 0 atom stereocenters. The van der Waals surface area contributed by atoms with Crippen molar-refractivity contribution in [1.82, 2.24) is 15.0 Å². The normalized spacial score (nSPS) is 12.8. The average molecular weight is 397 g/mol. The summed E-state index contributed by atoms with van der Waals surface area (Å²) >= 11 is 0. The van der Waals surface area contributed by atoms with Crippen molar-refractivity contribution >= 4 is 16.8 Å². The summed E-state index contributed by atoms with van der Waals surface area (Å²) in [6, 6.07) is 15.0. The van der Waals surface area contributed by atoms with Crippen LogP contribution in [0.5, 0.6) is 0 Å². The van der Waals surface area contributed by atoms with Crippen molar-refractivity contribution in [3.05, 3.63) is 86.1 Å². The number of nitrogens with one attached hydrogen (secondary N) is 2. The first-order valence-corrected chi connectivity index (χ1v) is 9.71. The van der Waals surface area contributed by atoms with Gasteiger partial charge in [-0.2, -0.15) is 0 Å². The lowest BCUT2D eigenvalue weighted by Crippen LogP contribution is -2.23. The van der Waals surface area contributed by atoms with Crippen LogP contribution in [0.2, 0.25) is 0 Å². The molecule has 0 amide bonds. The molecule has 148 valence electrons. The van der Waals surface area contributed by atoms with Gasteiger partial charge in [0.15, 0.2) is 5.78 Å². The second kappa shape index (κ2) is 6.10. The minimum atomic E-state index is -0.633. The highest BCUT2D eigenvalue weighted by Crippen LogP contribution is 2.42. The van der Waals surface area contributed by atoms with E-state index < -0.39 is 11.2 Å². The Kier molecular flexibility index (Phi) is 3.71. The number of aromatic amines is 2. The Morgan fingerprint density at radius 3 is 2.13 bits per heavy atom. The second-order valence-electron chi connectivity index (χ2n) is 8.54. The van der Waals surface area contributed by atoms with Crippen molar-refractivity contribution in [1.29, 1.82) is 0 Å². The molecule has 2 aromatic heterocycles. The lowest BCUT2D eigenvalue weighted by molar-refractivity contribution is 0.104. The van der Waals surface area contributed by atoms with E-state index in [-0.39, 0.29) is 22.2 Å². The standard InChI is InChI=1S/C24H19N3O3/c1-24(2,3)13-10-8-12(9-11-13)16-17-19(14-6-4-5-7-15(14)20(17)28)25-21-18(16)22(29)27-23(30)26-21/h4-11H,1-3H3,(H2,25,26,27,29,30). The van der Waals surface area contributed by atoms with Gasteiger partial charge in [0.05, 0.1) is 16.6 Å². The molecule has 2 heterocycles. The van der Waals surface area contributed by atoms with Crippen molar-refractivity contribution in [3.8, 4) is 22.4 Å². The van der Waals surface area contributed by atoms with Gasteiger partial charge < -0.3 is 0 Å². The van der Waals surface area contributed by atoms with Gasteiger partial charge in [-0.3, -0.25) is 19.6 Å². The first kappa shape index (κ1) is 18.2. The number of pyridine rings is 1. The monoisotopic (exact) mass is 397 g/mol. The number of hydrogen-bond acceptors (Lipinski definition) is 4. The summed E-state index contributed by atoms with van der Waals surface area (Å²) in [7, 11) is 0. The van der Waals surface area contributed by atoms with Crippen molar-refractivity contribution < 1.29 is 4.79 Å². The van der Waals surface area contributed by atoms with E-state index in [1.54, 1.807) is 12.1 Å². The van der Waals surface area contributed by atoms with Crippen LogP contribution in [0, 0.1) is 0 Å². The summed E-state index contributed by atoms with van der Waals surface area (Å²) in [5.74, 6) is -0.171. The zero-order chi connectivity index (χ0) is 21.2. The van der Waals surface area contributed by atoms with Gasteiger partial charge >= 0.3 is 5.69 Å². The van der Waals surface area contributed by atoms with Crippen molar-refractivity contribution in [3.63, 3.8) is 0 Å². The summed E-state index contributed by atoms with van der Waals surface area (Å²) in [5, 5.41) is 0.206. The predicted octanol–water partition coefficient (Wildman–Crippen LogP) is 3.79. The molecule has 6 heteroatoms. The molecule has 1 aliphatic rings. The first-order valence-electron chi connectivity index (χ1n) is 9.71. The Bertz CT molecular complexity index is 1470. The van der Waals surface area contributed by atoms with Crippen LogP contribution in [0.3, 0.4) is 0 Å². The van der Waals surface area contributed by atoms with Gasteiger partial charge in [0.2, 0.25) is 0 Å². The fourth-order valence-corrected chi connectivity index (χ4v) is 4.07. The van der Waals surface area contributed by atoms with Crippen LogP contribution in [0.4, 0.5) is 0 Å². The number of carbonyl (C=O) groups excluding carboxylic acids is 1. The van der Waals surface area contributed by atoms with Gasteiger partial charge in [0, 0.05) is 16.7 Å². The number of nitrogens with zero attached hydrogens (tertiary/aromatic N) is 1. The number of ketones is 1. The molecular formula is C24H19N3O3. The van der Waals surface area contributed by atoms with Gasteiger partial charge in [-0.1, -0.05) is 69.3 Å². The van der Waals surface area contributed by atoms with E-state index in [4.69, 9.17) is 0 Å². The molecule has 5 rings (SSSR count). The molecule has 0 unspecified atom stereocenters. The molecule has 30 heavy (non-hydrogen) atoms. The molecule has 2 aromatic carbocycles. The van der Waals surface area contributed by atoms with E-state index in [0.717, 1.165) is 11.1 Å². The molecule has 0 saturated carbocycles. The summed E-state index contributed by atoms with van der Waals surface area (Å²) < 4.78 is 0. The van der Waals surface area contributed by atoms with Gasteiger partial charge in [-0.25, -0.2) is 9.78 Å². The summed E-state index contributed by atoms with van der Waals surface area (Å²) in [4.78, 5) is 47.4. The molecule has 0 spiro atoms. The SMILES string of the molecule is CC(C)(C)c1ccc(-c2c3c(nc4[nH]c(=O)[nH]c(=O)c24)-c2ccccc2C3=O)cc1. The molecule has 2 N–H and O–H groups in total. The number of benzene rings is 2. The van der Waals surface area contributed by atoms with Crippen LogP contribution < -0.4 is 11.2 Å². The molecule has 0 bridgehead atoms. The van der Waals surface area contributed by atoms with Crippen molar-refractivity contribution in [2.75, 3.05) is 0 Å². The third-order valence-corrected chi connectivity index (χ3v) is 5.58. The maximum atomic E-state index is 13.3. The highest BCUT2D eigenvalue weighted by atomic mass is 16.2. The van der Waals surface area contributed by atoms with Crippen LogP contribution in [-0.4, -0.2) is 20.7 Å². The topological polar surface area (TPSA) is 95.7 Å². The highest BCUT2D eigenvalue weighted by Gasteiger charge is 2.33. The smallest absolute Gasteiger partial charge is 0.291 e. The van der Waals surface area contributed by atoms with Crippen LogP contribution in [0.25, 0.3) is 33.4 Å². The fourth-order valence-electron chi connectivity index (χ4n) is 4.07. The second-order valence-corrected chi connectivity index (χ2v) is 8.54. The van der Waals surface area contributed by atoms with Gasteiger partial charge in [0.25, 0.3) is 5.56 Å². The summed E-state index contributed by atoms with van der Waals surface area (Å²) in [5.41, 5.74) is 3.42. The Hall–Kier alpha value is -3.80. The lowest BCUT2D eigenvalue weighted by Gasteiger charge is -2.19. The van der Waals surface area contributed by atoms with Crippen LogP contribution >= 0.6 is 0 Å². The molecule has 0 saturated heterocycles. The molecule has 0 radical (unpaired) electrons. The number of H-pyrrole nitrogens is 2. The van der Waals surface area contributed by atoms with E-state index >= 15 is 0 Å². The van der Waals surface area contributed by atoms with Crippen LogP contribution in [0.1, 0.15) is 42.3 Å². The van der Waals surface area contributed by atoms with Crippen molar-refractivity contribution in [2.24, 2.45) is 0 Å². The largest absolute Gasteiger partial charge is 0.327 e. The highest BCUT2D eigenvalue weighted by molar-refractivity contribution is 6.26. The van der Waals surface area contributed by atoms with E-state index in [9.17, 15) is 14.4 Å². The number of hydrogen-bond donors (Lipinski definition) is 2. The minimum Gasteiger partial charge on any atom is -0.291 e. The predicted molar refractivity (Wildman–Crippen MR) is 116 cm³/mol. The molecule has 0 aliphatic heterocycles. The Morgan fingerprint density at radius 1 is 0.800 bits per heavy atom. The number of fused-ring (bicyclic) bond motifs is 4. The van der Waals surface area contributed by atoms with Crippen molar-refractivity contribution in [2.45, 2.75) is 26.2 Å². The van der Waals surface area contributed by atoms with Crippen LogP contribution in [0.15, 0.2) is 58.1 Å². The third kappa shape index (κ3) is 2.57. The zero-order valence-electron chi connectivity index (χ0n) is 16.8.